The van der Waals surface area contributed by atoms with Gasteiger partial charge in [-0.2, -0.15) is 0 Å². The summed E-state index contributed by atoms with van der Waals surface area (Å²) < 4.78 is 0. The average molecular weight is 263 g/mol. The molecule has 0 N–H and O–H groups in total. The van der Waals surface area contributed by atoms with Gasteiger partial charge in [-0.15, -0.1) is 0 Å². The van der Waals surface area contributed by atoms with Crippen molar-refractivity contribution in [2.45, 2.75) is 13.8 Å². The zero-order chi connectivity index (χ0) is 13.3. The number of pyridine rings is 1. The molecule has 4 nitrogen and oxygen atoms in total. The number of hydrogen-bond acceptors (Lipinski definition) is 3. The smallest absolute Gasteiger partial charge is 0.258 e. The summed E-state index contributed by atoms with van der Waals surface area (Å²) in [5.41, 5.74) is 3.59. The number of aromatic nitrogens is 1. The minimum Gasteiger partial charge on any atom is -0.258 e. The van der Waals surface area contributed by atoms with Crippen molar-refractivity contribution in [1.82, 2.24) is 4.98 Å². The molecule has 0 fully saturated rings. The number of hydrogen-bond donors (Lipinski definition) is 0. The van der Waals surface area contributed by atoms with Crippen molar-refractivity contribution in [2.24, 2.45) is 0 Å². The van der Waals surface area contributed by atoms with Gasteiger partial charge in [0.15, 0.2) is 0 Å². The maximum atomic E-state index is 10.8. The fraction of sp³-hybridized carbons (Fsp3) is 0.154. The lowest BCUT2D eigenvalue weighted by molar-refractivity contribution is -0.385. The lowest BCUT2D eigenvalue weighted by atomic mass is 10.00. The molecule has 0 saturated heterocycles. The first-order valence-corrected chi connectivity index (χ1v) is 5.74. The van der Waals surface area contributed by atoms with Crippen LogP contribution in [0.25, 0.3) is 11.1 Å². The van der Waals surface area contributed by atoms with Gasteiger partial charge in [0, 0.05) is 17.8 Å². The molecule has 92 valence electrons. The van der Waals surface area contributed by atoms with E-state index in [2.05, 4.69) is 4.98 Å². The molecule has 1 aromatic heterocycles. The van der Waals surface area contributed by atoms with Crippen molar-refractivity contribution in [3.8, 4) is 11.1 Å². The molecule has 0 aliphatic rings. The van der Waals surface area contributed by atoms with E-state index in [1.165, 1.54) is 6.07 Å². The summed E-state index contributed by atoms with van der Waals surface area (Å²) in [6.45, 7) is 3.93. The van der Waals surface area contributed by atoms with E-state index >= 15 is 0 Å². The summed E-state index contributed by atoms with van der Waals surface area (Å²) in [4.78, 5) is 14.2. The summed E-state index contributed by atoms with van der Waals surface area (Å²) in [7, 11) is 0. The molecule has 1 aromatic carbocycles. The van der Waals surface area contributed by atoms with Crippen LogP contribution in [0.5, 0.6) is 0 Å². The van der Waals surface area contributed by atoms with Crippen LogP contribution in [0.4, 0.5) is 5.69 Å². The van der Waals surface area contributed by atoms with Gasteiger partial charge in [0.05, 0.1) is 4.92 Å². The molecule has 0 amide bonds. The molecule has 0 bridgehead atoms. The Morgan fingerprint density at radius 1 is 1.28 bits per heavy atom. The minimum atomic E-state index is -0.524. The monoisotopic (exact) mass is 262 g/mol. The van der Waals surface area contributed by atoms with Crippen molar-refractivity contribution in [3.63, 3.8) is 0 Å². The molecule has 0 radical (unpaired) electrons. The molecule has 0 spiro atoms. The Balaban J connectivity index is 2.61. The Morgan fingerprint density at radius 2 is 2.00 bits per heavy atom. The Hall–Kier alpha value is -1.94. The van der Waals surface area contributed by atoms with Crippen molar-refractivity contribution in [1.29, 1.82) is 0 Å². The summed E-state index contributed by atoms with van der Waals surface area (Å²) in [5, 5.41) is 10.7. The zero-order valence-corrected chi connectivity index (χ0v) is 10.7. The molecule has 2 rings (SSSR count). The number of halogens is 1. The molecule has 1 heterocycles. The average Bonchev–Trinajstić information content (AvgIpc) is 2.33. The van der Waals surface area contributed by atoms with E-state index in [0.717, 1.165) is 16.7 Å². The lowest BCUT2D eigenvalue weighted by Crippen LogP contribution is -1.93. The number of aryl methyl sites for hydroxylation is 2. The number of nitro groups is 1. The molecule has 2 aromatic rings. The topological polar surface area (TPSA) is 56.0 Å². The summed E-state index contributed by atoms with van der Waals surface area (Å²) >= 11 is 5.70. The molecule has 0 unspecified atom stereocenters. The van der Waals surface area contributed by atoms with Crippen LogP contribution in [-0.2, 0) is 0 Å². The van der Waals surface area contributed by atoms with Crippen LogP contribution in [0.3, 0.4) is 0 Å². The predicted octanol–water partition coefficient (Wildman–Crippen LogP) is 3.93. The first-order chi connectivity index (χ1) is 8.49. The van der Waals surface area contributed by atoms with Gasteiger partial charge in [0.1, 0.15) is 0 Å². The summed E-state index contributed by atoms with van der Waals surface area (Å²) in [6.07, 6.45) is 1.55. The minimum absolute atomic E-state index is 0.0888. The van der Waals surface area contributed by atoms with Crippen LogP contribution in [0.2, 0.25) is 5.15 Å². The van der Waals surface area contributed by atoms with Gasteiger partial charge in [-0.1, -0.05) is 35.4 Å². The third-order valence-electron chi connectivity index (χ3n) is 2.72. The predicted molar refractivity (Wildman–Crippen MR) is 70.8 cm³/mol. The Morgan fingerprint density at radius 3 is 2.67 bits per heavy atom. The fourth-order valence-electron chi connectivity index (χ4n) is 1.76. The molecule has 0 aliphatic heterocycles. The SMILES string of the molecule is Cc1ccc(C)c(-c2cnc(Cl)c([N+](=O)[O-])c2)c1. The number of rotatable bonds is 2. The highest BCUT2D eigenvalue weighted by Gasteiger charge is 2.15. The highest BCUT2D eigenvalue weighted by molar-refractivity contribution is 6.31. The van der Waals surface area contributed by atoms with E-state index in [1.54, 1.807) is 6.20 Å². The third kappa shape index (κ3) is 2.33. The van der Waals surface area contributed by atoms with Crippen LogP contribution in [-0.4, -0.2) is 9.91 Å². The van der Waals surface area contributed by atoms with Crippen LogP contribution >= 0.6 is 11.6 Å². The second kappa shape index (κ2) is 4.74. The van der Waals surface area contributed by atoms with E-state index in [-0.39, 0.29) is 10.8 Å². The summed E-state index contributed by atoms with van der Waals surface area (Å²) in [5.74, 6) is 0. The third-order valence-corrected chi connectivity index (χ3v) is 3.01. The fourth-order valence-corrected chi connectivity index (χ4v) is 1.93. The Labute approximate surface area is 109 Å². The maximum absolute atomic E-state index is 10.8. The normalized spacial score (nSPS) is 10.4. The molecule has 0 aliphatic carbocycles. The highest BCUT2D eigenvalue weighted by Crippen LogP contribution is 2.30. The Bertz CT molecular complexity index is 626. The zero-order valence-electron chi connectivity index (χ0n) is 9.98. The number of benzene rings is 1. The molecule has 18 heavy (non-hydrogen) atoms. The Kier molecular flexibility index (Phi) is 3.30. The second-order valence-electron chi connectivity index (χ2n) is 4.11. The first-order valence-electron chi connectivity index (χ1n) is 5.36. The van der Waals surface area contributed by atoms with Crippen LogP contribution in [0.15, 0.2) is 30.5 Å². The van der Waals surface area contributed by atoms with Crippen molar-refractivity contribution in [2.75, 3.05) is 0 Å². The highest BCUT2D eigenvalue weighted by atomic mass is 35.5. The number of nitrogens with zero attached hydrogens (tertiary/aromatic N) is 2. The van der Waals surface area contributed by atoms with E-state index in [1.807, 2.05) is 32.0 Å². The van der Waals surface area contributed by atoms with E-state index in [4.69, 9.17) is 11.6 Å². The van der Waals surface area contributed by atoms with Crippen LogP contribution < -0.4 is 0 Å². The lowest BCUT2D eigenvalue weighted by Gasteiger charge is -2.07. The first kappa shape index (κ1) is 12.5. The van der Waals surface area contributed by atoms with Gasteiger partial charge in [-0.05, 0) is 25.0 Å². The second-order valence-corrected chi connectivity index (χ2v) is 4.47. The van der Waals surface area contributed by atoms with Crippen molar-refractivity contribution < 1.29 is 4.92 Å². The van der Waals surface area contributed by atoms with Gasteiger partial charge < -0.3 is 0 Å². The van der Waals surface area contributed by atoms with Gasteiger partial charge in [0.2, 0.25) is 5.15 Å². The van der Waals surface area contributed by atoms with Crippen molar-refractivity contribution in [3.05, 3.63) is 56.9 Å². The van der Waals surface area contributed by atoms with E-state index in [0.29, 0.717) is 5.56 Å². The molecule has 0 saturated carbocycles. The van der Waals surface area contributed by atoms with E-state index in [9.17, 15) is 10.1 Å². The molecular formula is C13H11ClN2O2. The van der Waals surface area contributed by atoms with Gasteiger partial charge >= 0.3 is 5.69 Å². The summed E-state index contributed by atoms with van der Waals surface area (Å²) in [6, 6.07) is 7.41. The maximum Gasteiger partial charge on any atom is 0.307 e. The molecule has 0 atom stereocenters. The van der Waals surface area contributed by atoms with Gasteiger partial charge in [-0.25, -0.2) is 4.98 Å². The van der Waals surface area contributed by atoms with Gasteiger partial charge in [0.25, 0.3) is 0 Å². The quantitative estimate of drug-likeness (QED) is 0.468. The van der Waals surface area contributed by atoms with Crippen LogP contribution in [0.1, 0.15) is 11.1 Å². The molecular weight excluding hydrogens is 252 g/mol. The largest absolute Gasteiger partial charge is 0.307 e. The van der Waals surface area contributed by atoms with E-state index < -0.39 is 4.92 Å². The van der Waals surface area contributed by atoms with Crippen LogP contribution in [0, 0.1) is 24.0 Å². The van der Waals surface area contributed by atoms with Gasteiger partial charge in [-0.3, -0.25) is 10.1 Å². The standard InChI is InChI=1S/C13H11ClN2O2/c1-8-3-4-9(2)11(5-8)10-6-12(16(17)18)13(14)15-7-10/h3-7H,1-2H3. The van der Waals surface area contributed by atoms with Crippen molar-refractivity contribution >= 4 is 17.3 Å². The molecule has 5 heteroatoms.